The molecule has 0 atom stereocenters. The molecule has 0 aliphatic heterocycles. The van der Waals surface area contributed by atoms with Gasteiger partial charge in [-0.05, 0) is 36.5 Å². The zero-order valence-electron chi connectivity index (χ0n) is 13.5. The van der Waals surface area contributed by atoms with E-state index >= 15 is 0 Å². The SMILES string of the molecule is CCCCCCCCCCOc1ccc(B(O)O)c(C)c1. The first-order valence-electron chi connectivity index (χ1n) is 8.24. The van der Waals surface area contributed by atoms with E-state index in [1.54, 1.807) is 12.1 Å². The third-order valence-corrected chi connectivity index (χ3v) is 3.79. The van der Waals surface area contributed by atoms with Crippen LogP contribution in [-0.2, 0) is 0 Å². The molecule has 0 amide bonds. The molecule has 0 saturated carbocycles. The van der Waals surface area contributed by atoms with E-state index in [1.807, 2.05) is 13.0 Å². The third kappa shape index (κ3) is 7.54. The van der Waals surface area contributed by atoms with Gasteiger partial charge in [-0.25, -0.2) is 0 Å². The molecule has 0 aromatic heterocycles. The Morgan fingerprint density at radius 3 is 2.14 bits per heavy atom. The van der Waals surface area contributed by atoms with Crippen LogP contribution >= 0.6 is 0 Å². The van der Waals surface area contributed by atoms with Crippen molar-refractivity contribution in [3.8, 4) is 5.75 Å². The van der Waals surface area contributed by atoms with Gasteiger partial charge in [-0.1, -0.05) is 57.9 Å². The minimum atomic E-state index is -1.41. The van der Waals surface area contributed by atoms with Crippen LogP contribution in [-0.4, -0.2) is 23.8 Å². The minimum Gasteiger partial charge on any atom is -0.494 e. The van der Waals surface area contributed by atoms with Crippen molar-refractivity contribution < 1.29 is 14.8 Å². The molecule has 0 fully saturated rings. The number of rotatable bonds is 11. The summed E-state index contributed by atoms with van der Waals surface area (Å²) in [6, 6.07) is 5.37. The molecule has 21 heavy (non-hydrogen) atoms. The molecule has 1 rings (SSSR count). The van der Waals surface area contributed by atoms with E-state index in [2.05, 4.69) is 6.92 Å². The molecule has 1 aromatic carbocycles. The summed E-state index contributed by atoms with van der Waals surface area (Å²) in [6.07, 6.45) is 10.3. The van der Waals surface area contributed by atoms with Gasteiger partial charge < -0.3 is 14.8 Å². The third-order valence-electron chi connectivity index (χ3n) is 3.79. The normalized spacial score (nSPS) is 10.7. The first-order valence-corrected chi connectivity index (χ1v) is 8.24. The molecule has 118 valence electrons. The van der Waals surface area contributed by atoms with Crippen LogP contribution in [0.3, 0.4) is 0 Å². The average molecular weight is 292 g/mol. The van der Waals surface area contributed by atoms with Crippen LogP contribution in [0, 0.1) is 6.92 Å². The number of benzene rings is 1. The Morgan fingerprint density at radius 2 is 1.57 bits per heavy atom. The van der Waals surface area contributed by atoms with Gasteiger partial charge in [-0.3, -0.25) is 0 Å². The van der Waals surface area contributed by atoms with Crippen molar-refractivity contribution in [3.63, 3.8) is 0 Å². The van der Waals surface area contributed by atoms with Gasteiger partial charge in [0, 0.05) is 0 Å². The van der Waals surface area contributed by atoms with Crippen molar-refractivity contribution in [1.29, 1.82) is 0 Å². The fourth-order valence-corrected chi connectivity index (χ4v) is 2.45. The molecule has 0 heterocycles. The Balaban J connectivity index is 2.11. The number of aryl methyl sites for hydroxylation is 1. The second kappa shape index (κ2) is 10.7. The van der Waals surface area contributed by atoms with Crippen LogP contribution in [0.25, 0.3) is 0 Å². The first kappa shape index (κ1) is 18.1. The van der Waals surface area contributed by atoms with Gasteiger partial charge in [0.1, 0.15) is 5.75 Å². The monoisotopic (exact) mass is 292 g/mol. The Kier molecular flexibility index (Phi) is 9.19. The average Bonchev–Trinajstić information content (AvgIpc) is 2.45. The second-order valence-corrected chi connectivity index (χ2v) is 5.72. The highest BCUT2D eigenvalue weighted by Gasteiger charge is 2.13. The van der Waals surface area contributed by atoms with Crippen molar-refractivity contribution in [2.75, 3.05) is 6.61 Å². The summed E-state index contributed by atoms with van der Waals surface area (Å²) in [4.78, 5) is 0. The van der Waals surface area contributed by atoms with Crippen molar-refractivity contribution in [3.05, 3.63) is 23.8 Å². The minimum absolute atomic E-state index is 0.537. The van der Waals surface area contributed by atoms with E-state index in [0.717, 1.165) is 24.3 Å². The molecule has 3 nitrogen and oxygen atoms in total. The summed E-state index contributed by atoms with van der Waals surface area (Å²) in [5.41, 5.74) is 1.38. The van der Waals surface area contributed by atoms with Crippen molar-refractivity contribution in [2.24, 2.45) is 0 Å². The van der Waals surface area contributed by atoms with E-state index in [-0.39, 0.29) is 0 Å². The van der Waals surface area contributed by atoms with Crippen LogP contribution in [0.1, 0.15) is 63.9 Å². The molecule has 0 aliphatic carbocycles. The molecule has 0 spiro atoms. The van der Waals surface area contributed by atoms with Crippen LogP contribution in [0.15, 0.2) is 18.2 Å². The summed E-state index contributed by atoms with van der Waals surface area (Å²) >= 11 is 0. The highest BCUT2D eigenvalue weighted by molar-refractivity contribution is 6.59. The van der Waals surface area contributed by atoms with Gasteiger partial charge in [0.25, 0.3) is 0 Å². The summed E-state index contributed by atoms with van der Waals surface area (Å²) in [7, 11) is -1.41. The van der Waals surface area contributed by atoms with Crippen molar-refractivity contribution in [1.82, 2.24) is 0 Å². The fourth-order valence-electron chi connectivity index (χ4n) is 2.45. The first-order chi connectivity index (χ1) is 10.1. The zero-order valence-corrected chi connectivity index (χ0v) is 13.5. The van der Waals surface area contributed by atoms with Gasteiger partial charge in [0.2, 0.25) is 0 Å². The molecule has 4 heteroatoms. The van der Waals surface area contributed by atoms with E-state index < -0.39 is 7.12 Å². The van der Waals surface area contributed by atoms with E-state index in [9.17, 15) is 0 Å². The van der Waals surface area contributed by atoms with Crippen LogP contribution in [0.2, 0.25) is 0 Å². The maximum absolute atomic E-state index is 9.16. The molecule has 0 bridgehead atoms. The number of unbranched alkanes of at least 4 members (excludes halogenated alkanes) is 7. The largest absolute Gasteiger partial charge is 0.494 e. The molecule has 0 unspecified atom stereocenters. The molecule has 2 N–H and O–H groups in total. The van der Waals surface area contributed by atoms with Gasteiger partial charge >= 0.3 is 7.12 Å². The smallest absolute Gasteiger partial charge is 0.488 e. The Morgan fingerprint density at radius 1 is 0.952 bits per heavy atom. The highest BCUT2D eigenvalue weighted by atomic mass is 16.5. The van der Waals surface area contributed by atoms with Gasteiger partial charge in [-0.15, -0.1) is 0 Å². The maximum Gasteiger partial charge on any atom is 0.488 e. The van der Waals surface area contributed by atoms with Gasteiger partial charge in [0.15, 0.2) is 0 Å². The predicted molar refractivity (Wildman–Crippen MR) is 89.1 cm³/mol. The van der Waals surface area contributed by atoms with Crippen LogP contribution in [0.4, 0.5) is 0 Å². The summed E-state index contributed by atoms with van der Waals surface area (Å²) in [5.74, 6) is 0.805. The Labute approximate surface area is 129 Å². The lowest BCUT2D eigenvalue weighted by atomic mass is 9.77. The van der Waals surface area contributed by atoms with Crippen LogP contribution in [0.5, 0.6) is 5.75 Å². The zero-order chi connectivity index (χ0) is 15.5. The van der Waals surface area contributed by atoms with Gasteiger partial charge in [-0.2, -0.15) is 0 Å². The van der Waals surface area contributed by atoms with Gasteiger partial charge in [0.05, 0.1) is 6.61 Å². The Hall–Kier alpha value is -0.995. The van der Waals surface area contributed by atoms with E-state index in [4.69, 9.17) is 14.8 Å². The second-order valence-electron chi connectivity index (χ2n) is 5.72. The molecule has 1 aromatic rings. The maximum atomic E-state index is 9.16. The summed E-state index contributed by atoms with van der Waals surface area (Å²) in [6.45, 7) is 4.83. The fraction of sp³-hybridized carbons (Fsp3) is 0.647. The van der Waals surface area contributed by atoms with Crippen LogP contribution < -0.4 is 10.2 Å². The summed E-state index contributed by atoms with van der Waals surface area (Å²) < 4.78 is 5.70. The lowest BCUT2D eigenvalue weighted by Crippen LogP contribution is -2.31. The molecular formula is C17H29BO3. The van der Waals surface area contributed by atoms with Crippen molar-refractivity contribution >= 4 is 12.6 Å². The molecule has 0 saturated heterocycles. The number of ether oxygens (including phenoxy) is 1. The highest BCUT2D eigenvalue weighted by Crippen LogP contribution is 2.13. The number of hydrogen-bond acceptors (Lipinski definition) is 3. The number of hydrogen-bond donors (Lipinski definition) is 2. The standard InChI is InChI=1S/C17H29BO3/c1-3-4-5-6-7-8-9-10-13-21-16-11-12-17(18(19)20)15(2)14-16/h11-12,14,19-20H,3-10,13H2,1-2H3. The predicted octanol–water partition coefficient (Wildman–Crippen LogP) is 3.19. The Bertz CT molecular complexity index is 394. The quantitative estimate of drug-likeness (QED) is 0.486. The molecule has 0 aliphatic rings. The summed E-state index contributed by atoms with van der Waals surface area (Å²) in [5, 5.41) is 18.3. The lowest BCUT2D eigenvalue weighted by Gasteiger charge is -2.09. The van der Waals surface area contributed by atoms with E-state index in [1.165, 1.54) is 44.9 Å². The topological polar surface area (TPSA) is 49.7 Å². The molecule has 0 radical (unpaired) electrons. The van der Waals surface area contributed by atoms with E-state index in [0.29, 0.717) is 5.46 Å². The lowest BCUT2D eigenvalue weighted by molar-refractivity contribution is 0.304. The molecular weight excluding hydrogens is 263 g/mol. The van der Waals surface area contributed by atoms with Crippen molar-refractivity contribution in [2.45, 2.75) is 65.2 Å².